The van der Waals surface area contributed by atoms with Gasteiger partial charge in [-0.2, -0.15) is 0 Å². The Kier molecular flexibility index (Phi) is 8.81. The van der Waals surface area contributed by atoms with Crippen LogP contribution in [0.2, 0.25) is 5.02 Å². The van der Waals surface area contributed by atoms with Crippen LogP contribution in [0.15, 0.2) is 48.6 Å². The number of halogens is 1. The summed E-state index contributed by atoms with van der Waals surface area (Å²) in [6.45, 7) is 9.68. The molecule has 1 saturated carbocycles. The van der Waals surface area contributed by atoms with Crippen LogP contribution in [-0.2, 0) is 21.9 Å². The van der Waals surface area contributed by atoms with Gasteiger partial charge in [-0.05, 0) is 117 Å². The van der Waals surface area contributed by atoms with Crippen LogP contribution in [0.4, 0.5) is 5.69 Å². The van der Waals surface area contributed by atoms with Crippen LogP contribution in [0, 0.1) is 23.7 Å². The standard InChI is InChI=1S/C36H47ClN2O5S/c1-23(2)19-36(41)16-5-7-24(3)25(4)45(42,43)38-34(40)27-10-14-33-32(18-27)39(20-28-9-12-31(28)36)21-35(22-44-33)15-6-8-26-17-29(37)11-13-30(26)35/h5,10-11,13-14,16-18,23-25,28,31,41H,6-9,12,15,19-22H2,1-4H3,(H,38,40)/b16-5+/t24-,25+,28-,31+,35-,36-/m0/s1. The zero-order chi connectivity index (χ0) is 32.1. The lowest BCUT2D eigenvalue weighted by atomic mass is 9.62. The van der Waals surface area contributed by atoms with Crippen molar-refractivity contribution in [3.05, 3.63) is 70.3 Å². The molecule has 45 heavy (non-hydrogen) atoms. The van der Waals surface area contributed by atoms with E-state index in [9.17, 15) is 18.3 Å². The van der Waals surface area contributed by atoms with E-state index in [1.807, 2.05) is 25.1 Å². The van der Waals surface area contributed by atoms with Crippen LogP contribution in [0.25, 0.3) is 0 Å². The fourth-order valence-corrected chi connectivity index (χ4v) is 9.73. The van der Waals surface area contributed by atoms with E-state index in [0.29, 0.717) is 44.2 Å². The molecule has 2 bridgehead atoms. The average molecular weight is 655 g/mol. The van der Waals surface area contributed by atoms with Gasteiger partial charge in [0.05, 0.1) is 23.1 Å². The van der Waals surface area contributed by atoms with Gasteiger partial charge in [-0.25, -0.2) is 13.1 Å². The second kappa shape index (κ2) is 12.2. The zero-order valence-corrected chi connectivity index (χ0v) is 28.5. The first-order chi connectivity index (χ1) is 21.3. The molecular formula is C36H47ClN2O5S. The topological polar surface area (TPSA) is 95.9 Å². The molecule has 9 heteroatoms. The molecule has 6 rings (SSSR count). The molecule has 2 aliphatic heterocycles. The number of hydrogen-bond donors (Lipinski definition) is 2. The van der Waals surface area contributed by atoms with E-state index in [1.54, 1.807) is 25.1 Å². The van der Waals surface area contributed by atoms with Crippen LogP contribution in [0.3, 0.4) is 0 Å². The van der Waals surface area contributed by atoms with Crippen molar-refractivity contribution >= 4 is 33.2 Å². The molecule has 2 aromatic carbocycles. The summed E-state index contributed by atoms with van der Waals surface area (Å²) in [6.07, 6.45) is 9.94. The monoisotopic (exact) mass is 654 g/mol. The predicted molar refractivity (Wildman–Crippen MR) is 180 cm³/mol. The van der Waals surface area contributed by atoms with Crippen molar-refractivity contribution < 1.29 is 23.1 Å². The fraction of sp³-hybridized carbons (Fsp3) is 0.583. The number of rotatable bonds is 2. The molecule has 2 aromatic rings. The number of nitrogens with zero attached hydrogens (tertiary/aromatic N) is 1. The third kappa shape index (κ3) is 6.27. The van der Waals surface area contributed by atoms with Crippen molar-refractivity contribution in [2.75, 3.05) is 24.6 Å². The molecule has 7 nitrogen and oxygen atoms in total. The van der Waals surface area contributed by atoms with E-state index in [0.717, 1.165) is 42.8 Å². The fourth-order valence-electron chi connectivity index (χ4n) is 8.25. The summed E-state index contributed by atoms with van der Waals surface area (Å²) in [4.78, 5) is 15.8. The first kappa shape index (κ1) is 32.4. The third-order valence-electron chi connectivity index (χ3n) is 11.0. The number of ether oxygens (including phenoxy) is 1. The summed E-state index contributed by atoms with van der Waals surface area (Å²) in [5, 5.41) is 12.2. The molecule has 1 amide bonds. The Hall–Kier alpha value is -2.55. The number of sulfonamides is 1. The Morgan fingerprint density at radius 1 is 1.16 bits per heavy atom. The van der Waals surface area contributed by atoms with Crippen LogP contribution < -0.4 is 14.4 Å². The van der Waals surface area contributed by atoms with Gasteiger partial charge >= 0.3 is 0 Å². The normalized spacial score (nSPS) is 33.7. The predicted octanol–water partition coefficient (Wildman–Crippen LogP) is 6.66. The van der Waals surface area contributed by atoms with Crippen molar-refractivity contribution in [1.29, 1.82) is 0 Å². The number of carbonyl (C=O) groups excluding carboxylic acids is 1. The van der Waals surface area contributed by atoms with Gasteiger partial charge in [0, 0.05) is 29.1 Å². The maximum absolute atomic E-state index is 13.4. The highest BCUT2D eigenvalue weighted by Crippen LogP contribution is 2.49. The number of aliphatic hydroxyl groups is 1. The van der Waals surface area contributed by atoms with E-state index in [1.165, 1.54) is 11.1 Å². The highest BCUT2D eigenvalue weighted by molar-refractivity contribution is 7.90. The van der Waals surface area contributed by atoms with Gasteiger partial charge in [-0.1, -0.05) is 50.6 Å². The van der Waals surface area contributed by atoms with E-state index in [2.05, 4.69) is 35.6 Å². The van der Waals surface area contributed by atoms with Gasteiger partial charge < -0.3 is 14.7 Å². The second-order valence-electron chi connectivity index (χ2n) is 14.6. The number of hydrogen-bond acceptors (Lipinski definition) is 6. The number of amides is 1. The molecule has 4 aliphatic rings. The Balaban J connectivity index is 1.45. The molecule has 2 aliphatic carbocycles. The van der Waals surface area contributed by atoms with Gasteiger partial charge in [0.15, 0.2) is 0 Å². The van der Waals surface area contributed by atoms with Crippen LogP contribution >= 0.6 is 11.6 Å². The number of fused-ring (bicyclic) bond motifs is 4. The lowest BCUT2D eigenvalue weighted by Gasteiger charge is -2.49. The van der Waals surface area contributed by atoms with Crippen molar-refractivity contribution in [1.82, 2.24) is 4.72 Å². The zero-order valence-electron chi connectivity index (χ0n) is 26.9. The SMILES string of the molecule is CC(C)C[C@@]1(O)/C=C/C[C@H](C)[C@@H](C)S(=O)(=O)NC(=O)c2ccc3c(c2)N(C[C@@H]2CC[C@H]21)C[C@@]1(CCCc2cc(Cl)ccc21)CO3. The molecule has 1 spiro atoms. The smallest absolute Gasteiger partial charge is 0.264 e. The summed E-state index contributed by atoms with van der Waals surface area (Å²) < 4.78 is 35.6. The molecular weight excluding hydrogens is 608 g/mol. The van der Waals surface area contributed by atoms with Crippen molar-refractivity contribution in [2.45, 2.75) is 88.9 Å². The van der Waals surface area contributed by atoms with Crippen molar-refractivity contribution in [2.24, 2.45) is 23.7 Å². The summed E-state index contributed by atoms with van der Waals surface area (Å²) >= 11 is 6.43. The quantitative estimate of drug-likeness (QED) is 0.352. The molecule has 0 saturated heterocycles. The molecule has 244 valence electrons. The van der Waals surface area contributed by atoms with Crippen LogP contribution in [0.5, 0.6) is 5.75 Å². The minimum atomic E-state index is -3.94. The van der Waals surface area contributed by atoms with Gasteiger partial charge in [0.2, 0.25) is 10.0 Å². The van der Waals surface area contributed by atoms with Crippen molar-refractivity contribution in [3.63, 3.8) is 0 Å². The van der Waals surface area contributed by atoms with E-state index in [4.69, 9.17) is 16.3 Å². The Morgan fingerprint density at radius 3 is 2.69 bits per heavy atom. The molecule has 1 fully saturated rings. The molecule has 2 heterocycles. The molecule has 0 radical (unpaired) electrons. The maximum Gasteiger partial charge on any atom is 0.264 e. The third-order valence-corrected chi connectivity index (χ3v) is 13.1. The number of benzene rings is 2. The summed E-state index contributed by atoms with van der Waals surface area (Å²) in [7, 11) is -3.94. The number of carbonyl (C=O) groups is 1. The summed E-state index contributed by atoms with van der Waals surface area (Å²) in [6, 6.07) is 11.4. The Morgan fingerprint density at radius 2 is 1.96 bits per heavy atom. The molecule has 2 N–H and O–H groups in total. The number of allylic oxidation sites excluding steroid dienone is 1. The van der Waals surface area contributed by atoms with Crippen LogP contribution in [-0.4, -0.2) is 50.0 Å². The van der Waals surface area contributed by atoms with E-state index >= 15 is 0 Å². The molecule has 0 aromatic heterocycles. The van der Waals surface area contributed by atoms with Crippen molar-refractivity contribution in [3.8, 4) is 5.75 Å². The number of nitrogens with one attached hydrogen (secondary N) is 1. The minimum absolute atomic E-state index is 0.0769. The number of aryl methyl sites for hydroxylation is 1. The van der Waals surface area contributed by atoms with Gasteiger partial charge in [0.25, 0.3) is 5.91 Å². The molecule has 6 atom stereocenters. The van der Waals surface area contributed by atoms with Crippen LogP contribution in [0.1, 0.15) is 87.7 Å². The highest BCUT2D eigenvalue weighted by atomic mass is 35.5. The Labute approximate surface area is 273 Å². The minimum Gasteiger partial charge on any atom is -0.490 e. The van der Waals surface area contributed by atoms with Gasteiger partial charge in [0.1, 0.15) is 5.75 Å². The van der Waals surface area contributed by atoms with E-state index < -0.39 is 26.8 Å². The lowest BCUT2D eigenvalue weighted by molar-refractivity contribution is -0.0577. The largest absolute Gasteiger partial charge is 0.490 e. The summed E-state index contributed by atoms with van der Waals surface area (Å²) in [5.74, 6) is 0.417. The lowest BCUT2D eigenvalue weighted by Crippen LogP contribution is -2.52. The highest BCUT2D eigenvalue weighted by Gasteiger charge is 2.48. The van der Waals surface area contributed by atoms with E-state index in [-0.39, 0.29) is 28.7 Å². The second-order valence-corrected chi connectivity index (χ2v) is 17.1. The first-order valence-electron chi connectivity index (χ1n) is 16.6. The average Bonchev–Trinajstić information content (AvgIpc) is 3.10. The number of anilines is 1. The van der Waals surface area contributed by atoms with Gasteiger partial charge in [-0.3, -0.25) is 4.79 Å². The van der Waals surface area contributed by atoms with Gasteiger partial charge in [-0.15, -0.1) is 0 Å². The first-order valence-corrected chi connectivity index (χ1v) is 18.5. The Bertz CT molecular complexity index is 1590. The molecule has 0 unspecified atom stereocenters. The maximum atomic E-state index is 13.4. The summed E-state index contributed by atoms with van der Waals surface area (Å²) in [5.41, 5.74) is 2.33.